The number of hydrogen-bond acceptors (Lipinski definition) is 2. The summed E-state index contributed by atoms with van der Waals surface area (Å²) >= 11 is 0. The van der Waals surface area contributed by atoms with Gasteiger partial charge in [-0.2, -0.15) is 0 Å². The van der Waals surface area contributed by atoms with E-state index < -0.39 is 0 Å². The second-order valence-electron chi connectivity index (χ2n) is 5.04. The van der Waals surface area contributed by atoms with Crippen LogP contribution in [0, 0.1) is 0 Å². The van der Waals surface area contributed by atoms with Gasteiger partial charge >= 0.3 is 0 Å². The predicted octanol–water partition coefficient (Wildman–Crippen LogP) is 4.01. The first kappa shape index (κ1) is 11.5. The molecule has 3 rings (SSSR count). The van der Waals surface area contributed by atoms with Crippen molar-refractivity contribution < 1.29 is 4.42 Å². The van der Waals surface area contributed by atoms with Crippen LogP contribution in [-0.4, -0.2) is 0 Å². The summed E-state index contributed by atoms with van der Waals surface area (Å²) in [5, 5.41) is 3.72. The Kier molecular flexibility index (Phi) is 3.20. The summed E-state index contributed by atoms with van der Waals surface area (Å²) in [5.74, 6) is 1.17. The molecule has 0 amide bonds. The van der Waals surface area contributed by atoms with Crippen molar-refractivity contribution in [3.8, 4) is 0 Å². The number of aryl methyl sites for hydroxylation is 1. The molecule has 1 aromatic heterocycles. The van der Waals surface area contributed by atoms with Gasteiger partial charge < -0.3 is 9.73 Å². The highest BCUT2D eigenvalue weighted by Gasteiger charge is 2.23. The van der Waals surface area contributed by atoms with Crippen molar-refractivity contribution in [1.82, 2.24) is 5.32 Å². The van der Waals surface area contributed by atoms with Crippen LogP contribution in [0.2, 0.25) is 0 Å². The zero-order valence-corrected chi connectivity index (χ0v) is 10.7. The maximum Gasteiger partial charge on any atom is 0.108 e. The number of fused-ring (bicyclic) bond motifs is 1. The molecule has 1 aromatic carbocycles. The van der Waals surface area contributed by atoms with E-state index in [0.717, 1.165) is 6.42 Å². The van der Waals surface area contributed by atoms with E-state index in [1.165, 1.54) is 29.7 Å². The summed E-state index contributed by atoms with van der Waals surface area (Å²) in [6.07, 6.45) is 5.31. The maximum atomic E-state index is 5.53. The van der Waals surface area contributed by atoms with Gasteiger partial charge in [-0.05, 0) is 31.4 Å². The SMILES string of the molecule is C[C@@H](NC1CCCc2occc21)c1ccccc1. The molecule has 0 aliphatic heterocycles. The van der Waals surface area contributed by atoms with Crippen LogP contribution in [0.4, 0.5) is 0 Å². The summed E-state index contributed by atoms with van der Waals surface area (Å²) < 4.78 is 5.53. The Balaban J connectivity index is 1.75. The van der Waals surface area contributed by atoms with E-state index in [1.807, 2.05) is 6.26 Å². The van der Waals surface area contributed by atoms with Crippen molar-refractivity contribution in [1.29, 1.82) is 0 Å². The van der Waals surface area contributed by atoms with Gasteiger partial charge in [-0.15, -0.1) is 0 Å². The Morgan fingerprint density at radius 3 is 2.89 bits per heavy atom. The minimum Gasteiger partial charge on any atom is -0.469 e. The Morgan fingerprint density at radius 2 is 2.06 bits per heavy atom. The number of furan rings is 1. The van der Waals surface area contributed by atoms with Gasteiger partial charge in [0.2, 0.25) is 0 Å². The first-order valence-electron chi connectivity index (χ1n) is 6.72. The van der Waals surface area contributed by atoms with E-state index in [4.69, 9.17) is 4.42 Å². The minimum absolute atomic E-state index is 0.372. The Hall–Kier alpha value is -1.54. The third kappa shape index (κ3) is 2.21. The lowest BCUT2D eigenvalue weighted by molar-refractivity contribution is 0.386. The van der Waals surface area contributed by atoms with E-state index in [9.17, 15) is 0 Å². The molecule has 1 unspecified atom stereocenters. The van der Waals surface area contributed by atoms with Gasteiger partial charge in [0.05, 0.1) is 6.26 Å². The third-order valence-electron chi connectivity index (χ3n) is 3.80. The molecule has 0 saturated heterocycles. The van der Waals surface area contributed by atoms with Gasteiger partial charge in [0, 0.05) is 24.1 Å². The monoisotopic (exact) mass is 241 g/mol. The lowest BCUT2D eigenvalue weighted by atomic mass is 9.92. The van der Waals surface area contributed by atoms with Crippen molar-refractivity contribution in [2.24, 2.45) is 0 Å². The molecule has 1 heterocycles. The molecule has 2 atom stereocenters. The first-order chi connectivity index (χ1) is 8.84. The Labute approximate surface area is 108 Å². The van der Waals surface area contributed by atoms with Crippen molar-refractivity contribution in [2.75, 3.05) is 0 Å². The lowest BCUT2D eigenvalue weighted by Crippen LogP contribution is -2.27. The van der Waals surface area contributed by atoms with Crippen molar-refractivity contribution in [3.63, 3.8) is 0 Å². The highest BCUT2D eigenvalue weighted by Crippen LogP contribution is 2.32. The molecule has 18 heavy (non-hydrogen) atoms. The van der Waals surface area contributed by atoms with Crippen LogP contribution in [-0.2, 0) is 6.42 Å². The smallest absolute Gasteiger partial charge is 0.108 e. The zero-order chi connectivity index (χ0) is 12.4. The molecule has 2 nitrogen and oxygen atoms in total. The number of rotatable bonds is 3. The average Bonchev–Trinajstić information content (AvgIpc) is 2.89. The predicted molar refractivity (Wildman–Crippen MR) is 72.4 cm³/mol. The lowest BCUT2D eigenvalue weighted by Gasteiger charge is -2.26. The first-order valence-corrected chi connectivity index (χ1v) is 6.72. The maximum absolute atomic E-state index is 5.53. The van der Waals surface area contributed by atoms with E-state index in [0.29, 0.717) is 12.1 Å². The minimum atomic E-state index is 0.372. The standard InChI is InChI=1S/C16H19NO/c1-12(13-6-3-2-4-7-13)17-15-8-5-9-16-14(15)10-11-18-16/h2-4,6-7,10-12,15,17H,5,8-9H2,1H3/t12-,15?/m1/s1. The zero-order valence-electron chi connectivity index (χ0n) is 10.7. The molecule has 94 valence electrons. The van der Waals surface area contributed by atoms with Crippen LogP contribution in [0.5, 0.6) is 0 Å². The van der Waals surface area contributed by atoms with E-state index >= 15 is 0 Å². The largest absolute Gasteiger partial charge is 0.469 e. The second kappa shape index (κ2) is 4.99. The van der Waals surface area contributed by atoms with Crippen LogP contribution in [0.15, 0.2) is 47.1 Å². The summed E-state index contributed by atoms with van der Waals surface area (Å²) in [6, 6.07) is 13.5. The van der Waals surface area contributed by atoms with Gasteiger partial charge in [-0.1, -0.05) is 30.3 Å². The Bertz CT molecular complexity index is 503. The summed E-state index contributed by atoms with van der Waals surface area (Å²) in [4.78, 5) is 0. The van der Waals surface area contributed by atoms with Gasteiger partial charge in [-0.25, -0.2) is 0 Å². The summed E-state index contributed by atoms with van der Waals surface area (Å²) in [6.45, 7) is 2.23. The average molecular weight is 241 g/mol. The quantitative estimate of drug-likeness (QED) is 0.878. The summed E-state index contributed by atoms with van der Waals surface area (Å²) in [5.41, 5.74) is 2.69. The molecule has 0 saturated carbocycles. The molecule has 2 heteroatoms. The molecule has 0 radical (unpaired) electrons. The van der Waals surface area contributed by atoms with Crippen LogP contribution < -0.4 is 5.32 Å². The van der Waals surface area contributed by atoms with Gasteiger partial charge in [-0.3, -0.25) is 0 Å². The highest BCUT2D eigenvalue weighted by molar-refractivity contribution is 5.25. The molecule has 2 aromatic rings. The number of hydrogen-bond donors (Lipinski definition) is 1. The summed E-state index contributed by atoms with van der Waals surface area (Å²) in [7, 11) is 0. The van der Waals surface area contributed by atoms with Crippen molar-refractivity contribution in [3.05, 3.63) is 59.5 Å². The molecule has 1 N–H and O–H groups in total. The molecular formula is C16H19NO. The Morgan fingerprint density at radius 1 is 1.22 bits per heavy atom. The van der Waals surface area contributed by atoms with Crippen LogP contribution in [0.25, 0.3) is 0 Å². The number of nitrogens with one attached hydrogen (secondary N) is 1. The molecule has 1 aliphatic carbocycles. The topological polar surface area (TPSA) is 25.2 Å². The molecular weight excluding hydrogens is 222 g/mol. The fraction of sp³-hybridized carbons (Fsp3) is 0.375. The van der Waals surface area contributed by atoms with E-state index in [-0.39, 0.29) is 0 Å². The van der Waals surface area contributed by atoms with Gasteiger partial charge in [0.25, 0.3) is 0 Å². The normalized spacial score (nSPS) is 20.4. The fourth-order valence-electron chi connectivity index (χ4n) is 2.80. The molecule has 1 aliphatic rings. The van der Waals surface area contributed by atoms with Crippen molar-refractivity contribution >= 4 is 0 Å². The molecule has 0 fully saturated rings. The fourth-order valence-corrected chi connectivity index (χ4v) is 2.80. The molecule has 0 bridgehead atoms. The van der Waals surface area contributed by atoms with Gasteiger partial charge in [0.1, 0.15) is 5.76 Å². The van der Waals surface area contributed by atoms with Gasteiger partial charge in [0.15, 0.2) is 0 Å². The van der Waals surface area contributed by atoms with E-state index in [2.05, 4.69) is 48.6 Å². The van der Waals surface area contributed by atoms with E-state index in [1.54, 1.807) is 0 Å². The van der Waals surface area contributed by atoms with Crippen LogP contribution in [0.1, 0.15) is 48.7 Å². The van der Waals surface area contributed by atoms with Crippen LogP contribution >= 0.6 is 0 Å². The third-order valence-corrected chi connectivity index (χ3v) is 3.80. The van der Waals surface area contributed by atoms with Crippen LogP contribution in [0.3, 0.4) is 0 Å². The second-order valence-corrected chi connectivity index (χ2v) is 5.04. The highest BCUT2D eigenvalue weighted by atomic mass is 16.3. The van der Waals surface area contributed by atoms with Crippen molar-refractivity contribution in [2.45, 2.75) is 38.3 Å². The molecule has 0 spiro atoms. The number of benzene rings is 1.